The minimum Gasteiger partial charge on any atom is -0.440 e. The summed E-state index contributed by atoms with van der Waals surface area (Å²) in [6, 6.07) is 8.19. The predicted octanol–water partition coefficient (Wildman–Crippen LogP) is 4.74. The van der Waals surface area contributed by atoms with Crippen LogP contribution in [0, 0.1) is 6.92 Å². The molecule has 4 rings (SSSR count). The molecule has 25 heavy (non-hydrogen) atoms. The van der Waals surface area contributed by atoms with Crippen molar-refractivity contribution in [1.29, 1.82) is 0 Å². The highest BCUT2D eigenvalue weighted by molar-refractivity contribution is 7.16. The topological polar surface area (TPSA) is 32.5 Å². The molecule has 4 nitrogen and oxygen atoms in total. The van der Waals surface area contributed by atoms with Crippen LogP contribution in [-0.4, -0.2) is 41.0 Å². The van der Waals surface area contributed by atoms with E-state index in [1.807, 2.05) is 19.1 Å². The van der Waals surface area contributed by atoms with Crippen LogP contribution in [0.25, 0.3) is 10.8 Å². The Labute approximate surface area is 160 Å². The lowest BCUT2D eigenvalue weighted by Gasteiger charge is -2.34. The third-order valence-electron chi connectivity index (χ3n) is 4.47. The molecule has 3 aromatic heterocycles. The van der Waals surface area contributed by atoms with Crippen molar-refractivity contribution in [2.45, 2.75) is 20.0 Å². The molecule has 0 aromatic carbocycles. The van der Waals surface area contributed by atoms with Gasteiger partial charge in [-0.05, 0) is 30.5 Å². The first kappa shape index (κ1) is 17.2. The number of halogens is 1. The smallest absolute Gasteiger partial charge is 0.236 e. The minimum absolute atomic E-state index is 0.746. The molecule has 0 unspecified atom stereocenters. The quantitative estimate of drug-likeness (QED) is 0.626. The number of rotatable bonds is 5. The predicted molar refractivity (Wildman–Crippen MR) is 104 cm³/mol. The largest absolute Gasteiger partial charge is 0.440 e. The van der Waals surface area contributed by atoms with E-state index in [9.17, 15) is 0 Å². The van der Waals surface area contributed by atoms with Crippen molar-refractivity contribution in [3.8, 4) is 10.8 Å². The van der Waals surface area contributed by atoms with Gasteiger partial charge in [-0.25, -0.2) is 4.98 Å². The van der Waals surface area contributed by atoms with E-state index < -0.39 is 0 Å². The van der Waals surface area contributed by atoms with Crippen LogP contribution in [0.3, 0.4) is 0 Å². The Morgan fingerprint density at radius 1 is 1.12 bits per heavy atom. The normalized spacial score (nSPS) is 16.6. The zero-order valence-electron chi connectivity index (χ0n) is 14.1. The van der Waals surface area contributed by atoms with Crippen molar-refractivity contribution in [1.82, 2.24) is 14.8 Å². The van der Waals surface area contributed by atoms with Gasteiger partial charge in [-0.3, -0.25) is 9.80 Å². The Hall–Kier alpha value is -1.18. The lowest BCUT2D eigenvalue weighted by molar-refractivity contribution is 0.121. The standard InChI is InChI=1S/C18H20ClN3OS2/c1-13-15(20-18(23-13)16-3-2-10-24-16)12-22-8-6-21(7-9-22)11-14-4-5-17(19)25-14/h2-5,10H,6-9,11-12H2,1H3. The van der Waals surface area contributed by atoms with Gasteiger partial charge < -0.3 is 4.42 Å². The number of oxazole rings is 1. The van der Waals surface area contributed by atoms with E-state index in [1.54, 1.807) is 22.7 Å². The second-order valence-electron chi connectivity index (χ2n) is 6.26. The molecule has 7 heteroatoms. The number of aromatic nitrogens is 1. The second-order valence-corrected chi connectivity index (χ2v) is 9.00. The van der Waals surface area contributed by atoms with E-state index in [-0.39, 0.29) is 0 Å². The number of thiophene rings is 2. The summed E-state index contributed by atoms with van der Waals surface area (Å²) in [5.74, 6) is 1.68. The van der Waals surface area contributed by atoms with E-state index in [0.29, 0.717) is 0 Å². The SMILES string of the molecule is Cc1oc(-c2cccs2)nc1CN1CCN(Cc2ccc(Cl)s2)CC1. The highest BCUT2D eigenvalue weighted by atomic mass is 35.5. The molecule has 0 saturated carbocycles. The summed E-state index contributed by atoms with van der Waals surface area (Å²) in [5.41, 5.74) is 1.06. The number of piperazine rings is 1. The summed E-state index contributed by atoms with van der Waals surface area (Å²) in [7, 11) is 0. The highest BCUT2D eigenvalue weighted by Crippen LogP contribution is 2.27. The summed E-state index contributed by atoms with van der Waals surface area (Å²) in [4.78, 5) is 12.1. The third-order valence-corrected chi connectivity index (χ3v) is 6.54. The maximum absolute atomic E-state index is 6.02. The second kappa shape index (κ2) is 7.60. The monoisotopic (exact) mass is 393 g/mol. The first-order valence-corrected chi connectivity index (χ1v) is 10.4. The van der Waals surface area contributed by atoms with Crippen LogP contribution in [-0.2, 0) is 13.1 Å². The van der Waals surface area contributed by atoms with Crippen LogP contribution in [0.15, 0.2) is 34.1 Å². The fraction of sp³-hybridized carbons (Fsp3) is 0.389. The van der Waals surface area contributed by atoms with E-state index in [4.69, 9.17) is 21.0 Å². The molecule has 0 aliphatic carbocycles. The summed E-state index contributed by atoms with van der Waals surface area (Å²) < 4.78 is 6.73. The first-order valence-electron chi connectivity index (χ1n) is 8.36. The summed E-state index contributed by atoms with van der Waals surface area (Å²) >= 11 is 9.36. The Balaban J connectivity index is 1.33. The van der Waals surface area contributed by atoms with Crippen molar-refractivity contribution in [3.63, 3.8) is 0 Å². The maximum Gasteiger partial charge on any atom is 0.236 e. The molecule has 1 aliphatic heterocycles. The Morgan fingerprint density at radius 3 is 2.52 bits per heavy atom. The summed E-state index contributed by atoms with van der Waals surface area (Å²) in [6.45, 7) is 8.13. The molecule has 0 amide bonds. The third kappa shape index (κ3) is 4.15. The van der Waals surface area contributed by atoms with E-state index in [0.717, 1.165) is 65.8 Å². The number of hydrogen-bond donors (Lipinski definition) is 0. The Kier molecular flexibility index (Phi) is 5.24. The molecule has 3 aromatic rings. The van der Waals surface area contributed by atoms with Gasteiger partial charge in [-0.15, -0.1) is 22.7 Å². The van der Waals surface area contributed by atoms with Crippen molar-refractivity contribution < 1.29 is 4.42 Å². The molecule has 1 saturated heterocycles. The molecule has 132 valence electrons. The van der Waals surface area contributed by atoms with Gasteiger partial charge >= 0.3 is 0 Å². The molecule has 1 aliphatic rings. The molecular formula is C18H20ClN3OS2. The van der Waals surface area contributed by atoms with Gasteiger partial charge in [0, 0.05) is 44.1 Å². The van der Waals surface area contributed by atoms with Crippen molar-refractivity contribution in [2.24, 2.45) is 0 Å². The molecular weight excluding hydrogens is 374 g/mol. The zero-order valence-corrected chi connectivity index (χ0v) is 16.5. The summed E-state index contributed by atoms with van der Waals surface area (Å²) in [5, 5.41) is 2.05. The molecule has 0 spiro atoms. The van der Waals surface area contributed by atoms with Crippen molar-refractivity contribution in [2.75, 3.05) is 26.2 Å². The average molecular weight is 394 g/mol. The van der Waals surface area contributed by atoms with Gasteiger partial charge in [0.1, 0.15) is 5.76 Å². The first-order chi connectivity index (χ1) is 12.2. The average Bonchev–Trinajstić information content (AvgIpc) is 3.32. The molecule has 1 fully saturated rings. The lowest BCUT2D eigenvalue weighted by Crippen LogP contribution is -2.45. The van der Waals surface area contributed by atoms with Crippen molar-refractivity contribution in [3.05, 3.63) is 50.3 Å². The number of nitrogens with zero attached hydrogens (tertiary/aromatic N) is 3. The van der Waals surface area contributed by atoms with E-state index in [1.165, 1.54) is 4.88 Å². The molecule has 0 radical (unpaired) electrons. The van der Waals surface area contributed by atoms with Crippen LogP contribution in [0.4, 0.5) is 0 Å². The van der Waals surface area contributed by atoms with Gasteiger partial charge in [0.25, 0.3) is 0 Å². The molecule has 0 bridgehead atoms. The molecule has 4 heterocycles. The van der Waals surface area contributed by atoms with E-state index in [2.05, 4.69) is 27.3 Å². The number of aryl methyl sites for hydroxylation is 1. The zero-order chi connectivity index (χ0) is 17.2. The Bertz CT molecular complexity index is 819. The van der Waals surface area contributed by atoms with Gasteiger partial charge in [0.15, 0.2) is 0 Å². The van der Waals surface area contributed by atoms with Crippen LogP contribution < -0.4 is 0 Å². The van der Waals surface area contributed by atoms with Gasteiger partial charge in [0.05, 0.1) is 14.9 Å². The van der Waals surface area contributed by atoms with Crippen LogP contribution in [0.1, 0.15) is 16.3 Å². The number of hydrogen-bond acceptors (Lipinski definition) is 6. The highest BCUT2D eigenvalue weighted by Gasteiger charge is 2.20. The molecule has 0 N–H and O–H groups in total. The Morgan fingerprint density at radius 2 is 1.88 bits per heavy atom. The summed E-state index contributed by atoms with van der Waals surface area (Å²) in [6.07, 6.45) is 0. The van der Waals surface area contributed by atoms with E-state index >= 15 is 0 Å². The van der Waals surface area contributed by atoms with Crippen LogP contribution >= 0.6 is 34.3 Å². The van der Waals surface area contributed by atoms with Gasteiger partial charge in [-0.2, -0.15) is 0 Å². The fourth-order valence-corrected chi connectivity index (χ4v) is 4.83. The van der Waals surface area contributed by atoms with Crippen LogP contribution in [0.5, 0.6) is 0 Å². The van der Waals surface area contributed by atoms with Gasteiger partial charge in [-0.1, -0.05) is 17.7 Å². The minimum atomic E-state index is 0.746. The maximum atomic E-state index is 6.02. The molecule has 0 atom stereocenters. The lowest BCUT2D eigenvalue weighted by atomic mass is 10.2. The van der Waals surface area contributed by atoms with Gasteiger partial charge in [0.2, 0.25) is 5.89 Å². The fourth-order valence-electron chi connectivity index (χ4n) is 3.05. The van der Waals surface area contributed by atoms with Crippen LogP contribution in [0.2, 0.25) is 4.34 Å². The van der Waals surface area contributed by atoms with Crippen molar-refractivity contribution >= 4 is 34.3 Å².